The number of carbonyl (C=O) groups is 2. The third kappa shape index (κ3) is 6.02. The third-order valence-corrected chi connectivity index (χ3v) is 3.21. The highest BCUT2D eigenvalue weighted by atomic mass is 16.5. The van der Waals surface area contributed by atoms with Crippen LogP contribution >= 0.6 is 0 Å². The number of methoxy groups -OCH3 is 1. The molecule has 0 radical (unpaired) electrons. The minimum absolute atomic E-state index is 0.111. The maximum atomic E-state index is 11.6. The van der Waals surface area contributed by atoms with E-state index in [2.05, 4.69) is 5.32 Å². The first-order valence-electron chi connectivity index (χ1n) is 6.84. The Balaban J connectivity index is 2.17. The van der Waals surface area contributed by atoms with Gasteiger partial charge < -0.3 is 20.1 Å². The third-order valence-electron chi connectivity index (χ3n) is 3.21. The van der Waals surface area contributed by atoms with Crippen LogP contribution in [0.1, 0.15) is 32.1 Å². The predicted molar refractivity (Wildman–Crippen MR) is 70.6 cm³/mol. The highest BCUT2D eigenvalue weighted by Crippen LogP contribution is 2.11. The zero-order valence-corrected chi connectivity index (χ0v) is 11.6. The lowest BCUT2D eigenvalue weighted by Gasteiger charge is -2.26. The van der Waals surface area contributed by atoms with E-state index in [9.17, 15) is 9.59 Å². The number of likely N-dealkylation sites (tertiary alicyclic amines) is 1. The first-order chi connectivity index (χ1) is 9.17. The molecule has 1 fully saturated rings. The molecule has 1 heterocycles. The van der Waals surface area contributed by atoms with Crippen LogP contribution in [0.4, 0.5) is 0 Å². The number of hydrogen-bond donors (Lipinski definition) is 2. The van der Waals surface area contributed by atoms with Gasteiger partial charge in [-0.15, -0.1) is 0 Å². The Labute approximate surface area is 114 Å². The molecule has 0 bridgehead atoms. The quantitative estimate of drug-likeness (QED) is 0.647. The average Bonchev–Trinajstić information content (AvgIpc) is 2.40. The number of nitrogens with zero attached hydrogens (tertiary/aromatic N) is 1. The molecule has 0 spiro atoms. The van der Waals surface area contributed by atoms with Gasteiger partial charge in [0.15, 0.2) is 0 Å². The fourth-order valence-electron chi connectivity index (χ4n) is 2.17. The number of piperidine rings is 1. The second kappa shape index (κ2) is 8.87. The Morgan fingerprint density at radius 3 is 2.95 bits per heavy atom. The van der Waals surface area contributed by atoms with Gasteiger partial charge in [-0.2, -0.15) is 0 Å². The fraction of sp³-hybridized carbons (Fsp3) is 0.846. The van der Waals surface area contributed by atoms with Gasteiger partial charge in [0.1, 0.15) is 0 Å². The van der Waals surface area contributed by atoms with Crippen molar-refractivity contribution in [2.75, 3.05) is 33.4 Å². The topological polar surface area (TPSA) is 78.9 Å². The molecule has 0 unspecified atom stereocenters. The minimum atomic E-state index is -0.353. The lowest BCUT2D eigenvalue weighted by atomic mass is 10.1. The second-order valence-electron chi connectivity index (χ2n) is 4.84. The monoisotopic (exact) mass is 272 g/mol. The summed E-state index contributed by atoms with van der Waals surface area (Å²) in [5, 5.41) is 11.7. The van der Waals surface area contributed by atoms with Gasteiger partial charge in [0.25, 0.3) is 0 Å². The molecule has 1 atom stereocenters. The lowest BCUT2D eigenvalue weighted by molar-refractivity contribution is -0.133. The van der Waals surface area contributed by atoms with Crippen molar-refractivity contribution < 1.29 is 19.4 Å². The van der Waals surface area contributed by atoms with Crippen molar-refractivity contribution in [1.82, 2.24) is 10.2 Å². The summed E-state index contributed by atoms with van der Waals surface area (Å²) in [4.78, 5) is 25.0. The Morgan fingerprint density at radius 2 is 2.32 bits per heavy atom. The average molecular weight is 272 g/mol. The second-order valence-corrected chi connectivity index (χ2v) is 4.84. The Bertz CT molecular complexity index is 296. The largest absolute Gasteiger partial charge is 0.394 e. The van der Waals surface area contributed by atoms with Gasteiger partial charge >= 0.3 is 0 Å². The Hall–Kier alpha value is -1.14. The van der Waals surface area contributed by atoms with Crippen molar-refractivity contribution in [1.29, 1.82) is 0 Å². The van der Waals surface area contributed by atoms with Crippen LogP contribution in [0, 0.1) is 0 Å². The SMILES string of the molecule is COC[C@@H](CO)NC(=O)CCCN1CCCCC1=O. The van der Waals surface area contributed by atoms with E-state index in [0.29, 0.717) is 32.4 Å². The summed E-state index contributed by atoms with van der Waals surface area (Å²) in [7, 11) is 1.52. The summed E-state index contributed by atoms with van der Waals surface area (Å²) in [6, 6.07) is -0.353. The Kier molecular flexibility index (Phi) is 7.43. The minimum Gasteiger partial charge on any atom is -0.394 e. The van der Waals surface area contributed by atoms with Crippen LogP contribution < -0.4 is 5.32 Å². The molecule has 110 valence electrons. The molecule has 0 aromatic rings. The van der Waals surface area contributed by atoms with E-state index in [-0.39, 0.29) is 24.5 Å². The molecular weight excluding hydrogens is 248 g/mol. The van der Waals surface area contributed by atoms with E-state index in [1.54, 1.807) is 0 Å². The molecule has 1 rings (SSSR count). The number of amides is 2. The van der Waals surface area contributed by atoms with Crippen LogP contribution in [0.5, 0.6) is 0 Å². The van der Waals surface area contributed by atoms with E-state index in [4.69, 9.17) is 9.84 Å². The van der Waals surface area contributed by atoms with E-state index < -0.39 is 0 Å². The fourth-order valence-corrected chi connectivity index (χ4v) is 2.17. The number of ether oxygens (including phenoxy) is 1. The molecule has 2 N–H and O–H groups in total. The molecule has 0 saturated carbocycles. The van der Waals surface area contributed by atoms with E-state index in [0.717, 1.165) is 19.4 Å². The van der Waals surface area contributed by atoms with Crippen molar-refractivity contribution >= 4 is 11.8 Å². The summed E-state index contributed by atoms with van der Waals surface area (Å²) in [6.07, 6.45) is 3.68. The van der Waals surface area contributed by atoms with Crippen LogP contribution in [0.25, 0.3) is 0 Å². The van der Waals surface area contributed by atoms with Gasteiger partial charge in [-0.1, -0.05) is 0 Å². The smallest absolute Gasteiger partial charge is 0.222 e. The normalized spacial score (nSPS) is 17.4. The highest BCUT2D eigenvalue weighted by Gasteiger charge is 2.18. The van der Waals surface area contributed by atoms with E-state index in [1.165, 1.54) is 7.11 Å². The summed E-state index contributed by atoms with van der Waals surface area (Å²) < 4.78 is 4.88. The van der Waals surface area contributed by atoms with Crippen LogP contribution in [0.3, 0.4) is 0 Å². The standard InChI is InChI=1S/C13H24N2O4/c1-19-10-11(9-16)14-12(17)5-4-8-15-7-3-2-6-13(15)18/h11,16H,2-10H2,1H3,(H,14,17)/t11-/m1/s1. The van der Waals surface area contributed by atoms with Crippen LogP contribution in [0.15, 0.2) is 0 Å². The van der Waals surface area contributed by atoms with Crippen LogP contribution in [0.2, 0.25) is 0 Å². The molecule has 1 aliphatic heterocycles. The molecule has 19 heavy (non-hydrogen) atoms. The molecule has 0 aromatic carbocycles. The van der Waals surface area contributed by atoms with Gasteiger partial charge in [-0.25, -0.2) is 0 Å². The summed E-state index contributed by atoms with van der Waals surface area (Å²) >= 11 is 0. The number of aliphatic hydroxyl groups excluding tert-OH is 1. The van der Waals surface area contributed by atoms with Gasteiger partial charge in [0, 0.05) is 33.0 Å². The highest BCUT2D eigenvalue weighted by molar-refractivity contribution is 5.77. The van der Waals surface area contributed by atoms with Crippen molar-refractivity contribution in [3.63, 3.8) is 0 Å². The molecular formula is C13H24N2O4. The number of rotatable bonds is 8. The van der Waals surface area contributed by atoms with Crippen molar-refractivity contribution in [2.24, 2.45) is 0 Å². The van der Waals surface area contributed by atoms with Gasteiger partial charge in [-0.05, 0) is 19.3 Å². The van der Waals surface area contributed by atoms with E-state index >= 15 is 0 Å². The summed E-state index contributed by atoms with van der Waals surface area (Å²) in [5.41, 5.74) is 0. The molecule has 6 heteroatoms. The molecule has 0 aromatic heterocycles. The molecule has 6 nitrogen and oxygen atoms in total. The summed E-state index contributed by atoms with van der Waals surface area (Å²) in [5.74, 6) is 0.0832. The van der Waals surface area contributed by atoms with Crippen molar-refractivity contribution in [2.45, 2.75) is 38.1 Å². The zero-order valence-electron chi connectivity index (χ0n) is 11.6. The van der Waals surface area contributed by atoms with Crippen molar-refractivity contribution in [3.05, 3.63) is 0 Å². The maximum absolute atomic E-state index is 11.6. The molecule has 0 aliphatic carbocycles. The number of aliphatic hydroxyl groups is 1. The van der Waals surface area contributed by atoms with E-state index in [1.807, 2.05) is 4.90 Å². The molecule has 1 aliphatic rings. The molecule has 2 amide bonds. The first-order valence-corrected chi connectivity index (χ1v) is 6.84. The lowest BCUT2D eigenvalue weighted by Crippen LogP contribution is -2.41. The maximum Gasteiger partial charge on any atom is 0.222 e. The van der Waals surface area contributed by atoms with Crippen LogP contribution in [-0.2, 0) is 14.3 Å². The van der Waals surface area contributed by atoms with Gasteiger partial charge in [0.2, 0.25) is 11.8 Å². The van der Waals surface area contributed by atoms with Crippen LogP contribution in [-0.4, -0.2) is 61.3 Å². The number of nitrogens with one attached hydrogen (secondary N) is 1. The number of hydrogen-bond acceptors (Lipinski definition) is 4. The first kappa shape index (κ1) is 15.9. The van der Waals surface area contributed by atoms with Crippen molar-refractivity contribution in [3.8, 4) is 0 Å². The summed E-state index contributed by atoms with van der Waals surface area (Å²) in [6.45, 7) is 1.61. The predicted octanol–water partition coefficient (Wildman–Crippen LogP) is -0.0974. The zero-order chi connectivity index (χ0) is 14.1. The van der Waals surface area contributed by atoms with Gasteiger partial charge in [0.05, 0.1) is 19.3 Å². The van der Waals surface area contributed by atoms with Gasteiger partial charge in [-0.3, -0.25) is 9.59 Å². The Morgan fingerprint density at radius 1 is 1.53 bits per heavy atom. The molecule has 1 saturated heterocycles. The number of carbonyl (C=O) groups excluding carboxylic acids is 2.